The fraction of sp³-hybridized carbons (Fsp3) is 0.231. The van der Waals surface area contributed by atoms with Crippen LogP contribution in [-0.4, -0.2) is 11.3 Å². The standard InChI is InChI=1S/C13H11F3N2O2/c1-2-6-9(17)4-3-7-10(13(14,15)16)8(5-19)12(20)18-11(6)7/h3-5H,2,17H2,1H3,(H,18,20). The lowest BCUT2D eigenvalue weighted by atomic mass is 9.98. The third-order valence-electron chi connectivity index (χ3n) is 3.13. The van der Waals surface area contributed by atoms with Gasteiger partial charge in [-0.05, 0) is 18.1 Å². The summed E-state index contributed by atoms with van der Waals surface area (Å²) in [6, 6.07) is 2.50. The van der Waals surface area contributed by atoms with Crippen molar-refractivity contribution in [1.29, 1.82) is 0 Å². The molecular formula is C13H11F3N2O2. The molecule has 0 aliphatic heterocycles. The Hall–Kier alpha value is -2.31. The monoisotopic (exact) mass is 284 g/mol. The Morgan fingerprint density at radius 2 is 2.00 bits per heavy atom. The first-order valence-corrected chi connectivity index (χ1v) is 5.81. The second-order valence-electron chi connectivity index (χ2n) is 4.27. The van der Waals surface area contributed by atoms with Crippen molar-refractivity contribution < 1.29 is 18.0 Å². The molecule has 7 heteroatoms. The molecule has 0 aliphatic rings. The summed E-state index contributed by atoms with van der Waals surface area (Å²) in [6.07, 6.45) is -4.52. The number of carbonyl (C=O) groups excluding carboxylic acids is 1. The second-order valence-corrected chi connectivity index (χ2v) is 4.27. The van der Waals surface area contributed by atoms with Crippen LogP contribution in [0.5, 0.6) is 0 Å². The van der Waals surface area contributed by atoms with Crippen molar-refractivity contribution in [3.05, 3.63) is 39.2 Å². The zero-order valence-electron chi connectivity index (χ0n) is 10.5. The van der Waals surface area contributed by atoms with E-state index in [1.54, 1.807) is 6.92 Å². The molecule has 0 bridgehead atoms. The molecule has 1 aromatic heterocycles. The highest BCUT2D eigenvalue weighted by Gasteiger charge is 2.37. The number of nitrogens with two attached hydrogens (primary N) is 1. The van der Waals surface area contributed by atoms with Gasteiger partial charge in [0.2, 0.25) is 0 Å². The third kappa shape index (κ3) is 2.04. The largest absolute Gasteiger partial charge is 0.417 e. The highest BCUT2D eigenvalue weighted by atomic mass is 19.4. The minimum absolute atomic E-state index is 0.0235. The van der Waals surface area contributed by atoms with Crippen LogP contribution in [0.4, 0.5) is 18.9 Å². The predicted octanol–water partition coefficient (Wildman–Crippen LogP) is 2.50. The van der Waals surface area contributed by atoms with Crippen LogP contribution >= 0.6 is 0 Å². The fourth-order valence-electron chi connectivity index (χ4n) is 2.25. The summed E-state index contributed by atoms with van der Waals surface area (Å²) in [7, 11) is 0. The number of pyridine rings is 1. The van der Waals surface area contributed by atoms with Crippen molar-refractivity contribution in [2.24, 2.45) is 0 Å². The number of aryl methyl sites for hydroxylation is 1. The molecule has 20 heavy (non-hydrogen) atoms. The summed E-state index contributed by atoms with van der Waals surface area (Å²) in [4.78, 5) is 24.8. The van der Waals surface area contributed by atoms with Gasteiger partial charge in [-0.3, -0.25) is 9.59 Å². The van der Waals surface area contributed by atoms with Crippen molar-refractivity contribution in [1.82, 2.24) is 4.98 Å². The van der Waals surface area contributed by atoms with Crippen LogP contribution in [0.3, 0.4) is 0 Å². The molecule has 1 heterocycles. The van der Waals surface area contributed by atoms with Gasteiger partial charge in [0.05, 0.1) is 16.6 Å². The van der Waals surface area contributed by atoms with Crippen molar-refractivity contribution >= 4 is 22.9 Å². The van der Waals surface area contributed by atoms with Gasteiger partial charge in [-0.1, -0.05) is 13.0 Å². The SMILES string of the molecule is CCc1c(N)ccc2c(C(F)(F)F)c(C=O)c(=O)[nH]c12. The number of hydrogen-bond donors (Lipinski definition) is 2. The number of anilines is 1. The number of nitrogens with one attached hydrogen (secondary N) is 1. The third-order valence-corrected chi connectivity index (χ3v) is 3.13. The zero-order chi connectivity index (χ0) is 15.1. The van der Waals surface area contributed by atoms with Gasteiger partial charge in [0, 0.05) is 11.1 Å². The molecule has 0 radical (unpaired) electrons. The normalized spacial score (nSPS) is 11.8. The molecular weight excluding hydrogens is 273 g/mol. The molecule has 3 N–H and O–H groups in total. The summed E-state index contributed by atoms with van der Waals surface area (Å²) >= 11 is 0. The molecule has 0 aliphatic carbocycles. The van der Waals surface area contributed by atoms with Gasteiger partial charge in [-0.15, -0.1) is 0 Å². The first-order chi connectivity index (χ1) is 9.31. The summed E-state index contributed by atoms with van der Waals surface area (Å²) in [6.45, 7) is 1.71. The highest BCUT2D eigenvalue weighted by molar-refractivity contribution is 5.94. The Kier molecular flexibility index (Phi) is 3.29. The number of carbonyl (C=O) groups is 1. The Balaban J connectivity index is 3.08. The number of hydrogen-bond acceptors (Lipinski definition) is 3. The number of aromatic amines is 1. The molecule has 0 saturated carbocycles. The number of aromatic nitrogens is 1. The molecule has 0 spiro atoms. The average Bonchev–Trinajstić information content (AvgIpc) is 2.36. The molecule has 0 amide bonds. The van der Waals surface area contributed by atoms with Crippen LogP contribution in [-0.2, 0) is 12.6 Å². The van der Waals surface area contributed by atoms with E-state index in [4.69, 9.17) is 5.73 Å². The van der Waals surface area contributed by atoms with Crippen LogP contribution < -0.4 is 11.3 Å². The van der Waals surface area contributed by atoms with Crippen LogP contribution in [0.25, 0.3) is 10.9 Å². The molecule has 106 valence electrons. The Bertz CT molecular complexity index is 748. The van der Waals surface area contributed by atoms with Gasteiger partial charge < -0.3 is 10.7 Å². The van der Waals surface area contributed by atoms with Crippen LogP contribution in [0.2, 0.25) is 0 Å². The maximum atomic E-state index is 13.1. The number of fused-ring (bicyclic) bond motifs is 1. The number of halogens is 3. The van der Waals surface area contributed by atoms with E-state index in [1.807, 2.05) is 0 Å². The topological polar surface area (TPSA) is 76.0 Å². The van der Waals surface area contributed by atoms with E-state index in [9.17, 15) is 22.8 Å². The zero-order valence-corrected chi connectivity index (χ0v) is 10.5. The quantitative estimate of drug-likeness (QED) is 0.657. The first-order valence-electron chi connectivity index (χ1n) is 5.81. The summed E-state index contributed by atoms with van der Waals surface area (Å²) in [5, 5.41) is -0.231. The van der Waals surface area contributed by atoms with Crippen molar-refractivity contribution in [3.8, 4) is 0 Å². The molecule has 2 rings (SSSR count). The van der Waals surface area contributed by atoms with Crippen molar-refractivity contribution in [2.75, 3.05) is 5.73 Å². The second kappa shape index (κ2) is 4.66. The number of nitrogen functional groups attached to an aromatic ring is 1. The Morgan fingerprint density at radius 3 is 2.50 bits per heavy atom. The first kappa shape index (κ1) is 14.1. The minimum Gasteiger partial charge on any atom is -0.398 e. The lowest BCUT2D eigenvalue weighted by Crippen LogP contribution is -2.22. The summed E-state index contributed by atoms with van der Waals surface area (Å²) in [5.74, 6) is 0. The average molecular weight is 284 g/mol. The smallest absolute Gasteiger partial charge is 0.398 e. The van der Waals surface area contributed by atoms with Gasteiger partial charge in [0.25, 0.3) is 5.56 Å². The van der Waals surface area contributed by atoms with E-state index in [0.29, 0.717) is 17.7 Å². The molecule has 0 fully saturated rings. The molecule has 0 saturated heterocycles. The predicted molar refractivity (Wildman–Crippen MR) is 68.7 cm³/mol. The van der Waals surface area contributed by atoms with E-state index >= 15 is 0 Å². The minimum atomic E-state index is -4.80. The van der Waals surface area contributed by atoms with Gasteiger partial charge in [-0.2, -0.15) is 13.2 Å². The van der Waals surface area contributed by atoms with Gasteiger partial charge in [0.15, 0.2) is 6.29 Å². The number of aldehydes is 1. The Labute approximate surface area is 111 Å². The van der Waals surface area contributed by atoms with E-state index in [2.05, 4.69) is 4.98 Å². The lowest BCUT2D eigenvalue weighted by molar-refractivity contribution is -0.136. The van der Waals surface area contributed by atoms with E-state index in [0.717, 1.165) is 6.07 Å². The maximum Gasteiger partial charge on any atom is 0.417 e. The molecule has 0 unspecified atom stereocenters. The van der Waals surface area contributed by atoms with Crippen LogP contribution in [0.15, 0.2) is 16.9 Å². The van der Waals surface area contributed by atoms with Crippen LogP contribution in [0, 0.1) is 0 Å². The molecule has 1 aromatic carbocycles. The maximum absolute atomic E-state index is 13.1. The van der Waals surface area contributed by atoms with Crippen LogP contribution in [0.1, 0.15) is 28.4 Å². The van der Waals surface area contributed by atoms with E-state index in [-0.39, 0.29) is 17.2 Å². The van der Waals surface area contributed by atoms with Crippen molar-refractivity contribution in [3.63, 3.8) is 0 Å². The number of benzene rings is 1. The molecule has 0 atom stereocenters. The van der Waals surface area contributed by atoms with E-state index < -0.39 is 22.9 Å². The number of H-pyrrole nitrogens is 1. The number of alkyl halides is 3. The van der Waals surface area contributed by atoms with Gasteiger partial charge >= 0.3 is 6.18 Å². The van der Waals surface area contributed by atoms with Crippen molar-refractivity contribution in [2.45, 2.75) is 19.5 Å². The summed E-state index contributed by atoms with van der Waals surface area (Å²) < 4.78 is 39.4. The molecule has 2 aromatic rings. The Morgan fingerprint density at radius 1 is 1.35 bits per heavy atom. The summed E-state index contributed by atoms with van der Waals surface area (Å²) in [5.41, 5.74) is 3.23. The lowest BCUT2D eigenvalue weighted by Gasteiger charge is -2.15. The van der Waals surface area contributed by atoms with E-state index in [1.165, 1.54) is 6.07 Å². The fourth-order valence-corrected chi connectivity index (χ4v) is 2.25. The highest BCUT2D eigenvalue weighted by Crippen LogP contribution is 2.37. The molecule has 4 nitrogen and oxygen atoms in total. The number of rotatable bonds is 2. The van der Waals surface area contributed by atoms with Gasteiger partial charge in [0.1, 0.15) is 0 Å². The van der Waals surface area contributed by atoms with Gasteiger partial charge in [-0.25, -0.2) is 0 Å².